The van der Waals surface area contributed by atoms with Gasteiger partial charge in [0.25, 0.3) is 0 Å². The van der Waals surface area contributed by atoms with Gasteiger partial charge in [-0.15, -0.1) is 0 Å². The van der Waals surface area contributed by atoms with Crippen molar-refractivity contribution in [3.05, 3.63) is 87.5 Å². The van der Waals surface area contributed by atoms with E-state index in [0.29, 0.717) is 45.2 Å². The largest absolute Gasteiger partial charge is 0.508 e. The Morgan fingerprint density at radius 2 is 1.81 bits per heavy atom. The summed E-state index contributed by atoms with van der Waals surface area (Å²) in [6.45, 7) is 6.61. The van der Waals surface area contributed by atoms with Gasteiger partial charge in [0.15, 0.2) is 5.96 Å². The van der Waals surface area contributed by atoms with Crippen LogP contribution >= 0.6 is 15.9 Å². The molecule has 278 valence electrons. The van der Waals surface area contributed by atoms with Crippen molar-refractivity contribution >= 4 is 50.4 Å². The number of H-pyrrole nitrogens is 1. The number of guanidine groups is 1. The summed E-state index contributed by atoms with van der Waals surface area (Å²) in [5.41, 5.74) is 2.99. The van der Waals surface area contributed by atoms with Gasteiger partial charge < -0.3 is 51.2 Å². The molecule has 0 radical (unpaired) electrons. The van der Waals surface area contributed by atoms with Crippen molar-refractivity contribution in [2.75, 3.05) is 25.5 Å². The quantitative estimate of drug-likeness (QED) is 0.0870. The molecule has 1 aliphatic heterocycles. The van der Waals surface area contributed by atoms with Crippen LogP contribution in [0.25, 0.3) is 10.9 Å². The van der Waals surface area contributed by atoms with Gasteiger partial charge in [-0.05, 0) is 71.3 Å². The van der Waals surface area contributed by atoms with Gasteiger partial charge in [0, 0.05) is 40.1 Å². The molecule has 14 heteroatoms. The van der Waals surface area contributed by atoms with E-state index in [4.69, 9.17) is 4.74 Å². The zero-order valence-electron chi connectivity index (χ0n) is 29.5. The molecule has 13 nitrogen and oxygen atoms in total. The Bertz CT molecular complexity index is 1940. The summed E-state index contributed by atoms with van der Waals surface area (Å²) in [5.74, 6) is -2.31. The number of phenols is 1. The zero-order chi connectivity index (χ0) is 37.7. The van der Waals surface area contributed by atoms with E-state index < -0.39 is 42.1 Å². The van der Waals surface area contributed by atoms with Crippen molar-refractivity contribution in [3.8, 4) is 11.5 Å². The van der Waals surface area contributed by atoms with Crippen LogP contribution in [0.4, 0.5) is 5.69 Å². The van der Waals surface area contributed by atoms with Crippen molar-refractivity contribution in [1.29, 1.82) is 0 Å². The highest BCUT2D eigenvalue weighted by Crippen LogP contribution is 2.39. The van der Waals surface area contributed by atoms with E-state index in [2.05, 4.69) is 41.9 Å². The standard InChI is InChI=1S/C38H46BrN5O8/c1-38(2,3)22-11-21(12-23(39)15-22)33(28(36(50)51)17-31(48)34-35(52-4)27-7-5-6-8-29(27)43-34)44-32(49)10-9-30(47)20-13-24(16-25(45)14-20)42-37-40-18-26(46)19-41-37/h5-8,11-16,26,28,30-31,33,43,45-48H,9-10,17-19H2,1-4H3,(H,44,49)(H,50,51)(H2,40,41,42). The number of aliphatic hydroxyl groups excluding tert-OH is 3. The maximum Gasteiger partial charge on any atom is 0.309 e. The number of fused-ring (bicyclic) bond motifs is 1. The number of carboxylic acids is 1. The number of nitrogens with zero attached hydrogens (tertiary/aromatic N) is 1. The molecule has 9 N–H and O–H groups in total. The number of carbonyl (C=O) groups excluding carboxylic acids is 1. The van der Waals surface area contributed by atoms with E-state index in [0.717, 1.165) is 16.5 Å². The number of aliphatic hydroxyl groups is 3. The molecule has 0 aliphatic carbocycles. The number of para-hydroxylation sites is 1. The molecular formula is C38H46BrN5O8. The van der Waals surface area contributed by atoms with Crippen LogP contribution in [0, 0.1) is 5.92 Å². The molecule has 5 atom stereocenters. The number of aromatic hydroxyl groups is 1. The molecule has 0 fully saturated rings. The van der Waals surface area contributed by atoms with Gasteiger partial charge in [0.2, 0.25) is 5.91 Å². The lowest BCUT2D eigenvalue weighted by atomic mass is 9.82. The Morgan fingerprint density at radius 1 is 1.06 bits per heavy atom. The highest BCUT2D eigenvalue weighted by molar-refractivity contribution is 9.10. The minimum absolute atomic E-state index is 0.0365. The molecule has 52 heavy (non-hydrogen) atoms. The normalized spacial score (nSPS) is 17.0. The first-order valence-electron chi connectivity index (χ1n) is 17.0. The fourth-order valence-electron chi connectivity index (χ4n) is 6.30. The van der Waals surface area contributed by atoms with E-state index in [1.807, 2.05) is 57.2 Å². The minimum atomic E-state index is -1.28. The predicted molar refractivity (Wildman–Crippen MR) is 202 cm³/mol. The van der Waals surface area contributed by atoms with Gasteiger partial charge in [-0.3, -0.25) is 14.6 Å². The van der Waals surface area contributed by atoms with Crippen LogP contribution in [0.15, 0.2) is 70.1 Å². The molecule has 4 aromatic rings. The molecule has 2 heterocycles. The number of methoxy groups -OCH3 is 1. The summed E-state index contributed by atoms with van der Waals surface area (Å²) >= 11 is 3.56. The SMILES string of the molecule is COc1c(C(O)CC(C(=O)O)C(NC(=O)CCC(O)c2cc(O)cc(NC3=NCC(O)CN3)c2)c2cc(Br)cc(C(C)(C)C)c2)[nH]c2ccccc12. The number of aromatic amines is 1. The molecule has 0 saturated heterocycles. The van der Waals surface area contributed by atoms with E-state index in [1.54, 1.807) is 12.1 Å². The highest BCUT2D eigenvalue weighted by Gasteiger charge is 2.35. The van der Waals surface area contributed by atoms with Crippen LogP contribution in [0.1, 0.15) is 80.7 Å². The van der Waals surface area contributed by atoms with Gasteiger partial charge >= 0.3 is 5.97 Å². The van der Waals surface area contributed by atoms with Crippen molar-refractivity contribution in [1.82, 2.24) is 15.6 Å². The van der Waals surface area contributed by atoms with Crippen LogP contribution in [-0.2, 0) is 15.0 Å². The van der Waals surface area contributed by atoms with Gasteiger partial charge in [0.05, 0.1) is 49.6 Å². The number of benzene rings is 3. The van der Waals surface area contributed by atoms with E-state index in [9.17, 15) is 35.1 Å². The van der Waals surface area contributed by atoms with Gasteiger partial charge in [0.1, 0.15) is 11.5 Å². The number of halogens is 1. The number of phenolic OH excluding ortho intramolecular Hbond substituents is 1. The number of ether oxygens (including phenoxy) is 1. The van der Waals surface area contributed by atoms with Crippen LogP contribution in [0.2, 0.25) is 0 Å². The number of amides is 1. The van der Waals surface area contributed by atoms with Crippen LogP contribution in [-0.4, -0.2) is 74.7 Å². The van der Waals surface area contributed by atoms with E-state index in [1.165, 1.54) is 19.2 Å². The summed E-state index contributed by atoms with van der Waals surface area (Å²) in [6, 6.07) is 16.3. The Balaban J connectivity index is 1.38. The minimum Gasteiger partial charge on any atom is -0.508 e. The second-order valence-electron chi connectivity index (χ2n) is 14.1. The molecule has 0 saturated carbocycles. The first-order chi connectivity index (χ1) is 24.6. The summed E-state index contributed by atoms with van der Waals surface area (Å²) in [5, 5.41) is 62.8. The van der Waals surface area contributed by atoms with Crippen LogP contribution in [0.3, 0.4) is 0 Å². The van der Waals surface area contributed by atoms with Gasteiger partial charge in [-0.25, -0.2) is 0 Å². The van der Waals surface area contributed by atoms with E-state index in [-0.39, 0.29) is 37.0 Å². The number of aliphatic imine (C=N–C) groups is 1. The van der Waals surface area contributed by atoms with Crippen molar-refractivity contribution in [2.24, 2.45) is 10.9 Å². The van der Waals surface area contributed by atoms with E-state index >= 15 is 0 Å². The van der Waals surface area contributed by atoms with Crippen LogP contribution in [0.5, 0.6) is 11.5 Å². The zero-order valence-corrected chi connectivity index (χ0v) is 31.1. The average Bonchev–Trinajstić information content (AvgIpc) is 3.47. The second kappa shape index (κ2) is 16.4. The monoisotopic (exact) mass is 779 g/mol. The summed E-state index contributed by atoms with van der Waals surface area (Å²) in [4.78, 5) is 34.0. The average molecular weight is 781 g/mol. The molecule has 0 spiro atoms. The number of hydrogen-bond acceptors (Lipinski definition) is 10. The number of hydrogen-bond donors (Lipinski definition) is 9. The number of carbonyl (C=O) groups is 2. The Labute approximate surface area is 310 Å². The number of β-amino-alcohol motifs (C(OH)–C–C–N with tert-alkyl or cyclic N) is 1. The van der Waals surface area contributed by atoms with Crippen molar-refractivity contribution in [2.45, 2.75) is 69.8 Å². The van der Waals surface area contributed by atoms with Gasteiger partial charge in [-0.1, -0.05) is 54.9 Å². The third kappa shape index (κ3) is 9.42. The molecule has 5 rings (SSSR count). The number of aromatic nitrogens is 1. The third-order valence-corrected chi connectivity index (χ3v) is 9.54. The number of rotatable bonds is 13. The topological polar surface area (TPSA) is 209 Å². The summed E-state index contributed by atoms with van der Waals surface area (Å²) < 4.78 is 6.31. The molecular weight excluding hydrogens is 734 g/mol. The maximum absolute atomic E-state index is 13.6. The lowest BCUT2D eigenvalue weighted by molar-refractivity contribution is -0.144. The molecule has 3 aromatic carbocycles. The Morgan fingerprint density at radius 3 is 2.48 bits per heavy atom. The first-order valence-corrected chi connectivity index (χ1v) is 17.8. The molecule has 1 amide bonds. The molecule has 1 aromatic heterocycles. The third-order valence-electron chi connectivity index (χ3n) is 9.08. The highest BCUT2D eigenvalue weighted by atomic mass is 79.9. The van der Waals surface area contributed by atoms with Crippen molar-refractivity contribution in [3.63, 3.8) is 0 Å². The number of nitrogens with one attached hydrogen (secondary N) is 4. The number of carboxylic acid groups (broad SMARTS) is 1. The molecule has 0 bridgehead atoms. The first kappa shape index (κ1) is 38.6. The smallest absolute Gasteiger partial charge is 0.309 e. The van der Waals surface area contributed by atoms with Gasteiger partial charge in [-0.2, -0.15) is 0 Å². The molecule has 5 unspecified atom stereocenters. The molecule has 1 aliphatic rings. The number of anilines is 1. The maximum atomic E-state index is 13.6. The Hall–Kier alpha value is -4.63. The van der Waals surface area contributed by atoms with Crippen molar-refractivity contribution < 1.29 is 39.9 Å². The van der Waals surface area contributed by atoms with Crippen LogP contribution < -0.4 is 20.7 Å². The fourth-order valence-corrected chi connectivity index (χ4v) is 6.81. The summed E-state index contributed by atoms with van der Waals surface area (Å²) in [6.07, 6.45) is -3.50. The second-order valence-corrected chi connectivity index (χ2v) is 15.0. The lowest BCUT2D eigenvalue weighted by Crippen LogP contribution is -2.42. The Kier molecular flexibility index (Phi) is 12.1. The lowest BCUT2D eigenvalue weighted by Gasteiger charge is -2.29. The predicted octanol–water partition coefficient (Wildman–Crippen LogP) is 5.17. The number of aliphatic carboxylic acids is 1. The summed E-state index contributed by atoms with van der Waals surface area (Å²) in [7, 11) is 1.48. The fraction of sp³-hybridized carbons (Fsp3) is 0.395.